The summed E-state index contributed by atoms with van der Waals surface area (Å²) in [6.45, 7) is 0.948. The van der Waals surface area contributed by atoms with Crippen molar-refractivity contribution in [2.75, 3.05) is 11.9 Å². The van der Waals surface area contributed by atoms with Crippen LogP contribution in [0.4, 0.5) is 10.2 Å². The Morgan fingerprint density at radius 2 is 1.93 bits per heavy atom. The maximum atomic E-state index is 13.0. The Morgan fingerprint density at radius 1 is 1.07 bits per heavy atom. The molecule has 9 heteroatoms. The maximum absolute atomic E-state index is 13.0. The Hall–Kier alpha value is -3.88. The predicted octanol–water partition coefficient (Wildman–Crippen LogP) is 2.24. The molecule has 0 unspecified atom stereocenters. The molecule has 4 aromatic rings. The van der Waals surface area contributed by atoms with E-state index in [1.807, 2.05) is 24.3 Å². The highest BCUT2D eigenvalue weighted by Gasteiger charge is 2.10. The summed E-state index contributed by atoms with van der Waals surface area (Å²) in [5.41, 5.74) is 2.07. The van der Waals surface area contributed by atoms with Gasteiger partial charge in [0, 0.05) is 37.5 Å². The van der Waals surface area contributed by atoms with Crippen LogP contribution in [0.5, 0.6) is 0 Å². The summed E-state index contributed by atoms with van der Waals surface area (Å²) in [5.74, 6) is 0.656. The van der Waals surface area contributed by atoms with Gasteiger partial charge in [-0.15, -0.1) is 15.3 Å². The minimum atomic E-state index is -0.379. The number of halogens is 1. The van der Waals surface area contributed by atoms with E-state index in [-0.39, 0.29) is 11.7 Å². The number of hydrogen-bond donors (Lipinski definition) is 2. The zero-order valence-corrected chi connectivity index (χ0v) is 15.4. The van der Waals surface area contributed by atoms with E-state index in [9.17, 15) is 9.18 Å². The van der Waals surface area contributed by atoms with Gasteiger partial charge in [-0.1, -0.05) is 6.07 Å². The quantitative estimate of drug-likeness (QED) is 0.502. The van der Waals surface area contributed by atoms with Crippen molar-refractivity contribution in [3.8, 4) is 0 Å². The molecule has 3 aromatic heterocycles. The standard InChI is InChI=1S/C20H18FN7O/c21-16-5-3-15(4-6-16)20(29)23-11-9-19-26-25-18-8-7-17(27-28(18)19)24-13-14-2-1-10-22-12-14/h1-8,10,12H,9,11,13H2,(H,23,29)(H,24,27). The number of carbonyl (C=O) groups excluding carboxylic acids is 1. The summed E-state index contributed by atoms with van der Waals surface area (Å²) in [6.07, 6.45) is 3.97. The summed E-state index contributed by atoms with van der Waals surface area (Å²) in [4.78, 5) is 16.2. The van der Waals surface area contributed by atoms with Crippen LogP contribution in [0.25, 0.3) is 5.65 Å². The molecule has 0 atom stereocenters. The highest BCUT2D eigenvalue weighted by Crippen LogP contribution is 2.09. The third-order valence-electron chi connectivity index (χ3n) is 4.26. The third kappa shape index (κ3) is 4.52. The number of aromatic nitrogens is 5. The van der Waals surface area contributed by atoms with Gasteiger partial charge in [0.1, 0.15) is 11.6 Å². The van der Waals surface area contributed by atoms with Crippen LogP contribution in [-0.2, 0) is 13.0 Å². The van der Waals surface area contributed by atoms with E-state index in [1.165, 1.54) is 24.3 Å². The molecule has 1 aromatic carbocycles. The molecule has 0 spiro atoms. The number of nitrogens with one attached hydrogen (secondary N) is 2. The second kappa shape index (κ2) is 8.42. The van der Waals surface area contributed by atoms with E-state index in [4.69, 9.17) is 0 Å². The number of hydrogen-bond acceptors (Lipinski definition) is 6. The Morgan fingerprint density at radius 3 is 2.72 bits per heavy atom. The first-order chi connectivity index (χ1) is 14.2. The van der Waals surface area contributed by atoms with Gasteiger partial charge >= 0.3 is 0 Å². The zero-order chi connectivity index (χ0) is 20.1. The molecule has 1 amide bonds. The molecule has 0 aliphatic carbocycles. The fourth-order valence-electron chi connectivity index (χ4n) is 2.77. The zero-order valence-electron chi connectivity index (χ0n) is 15.4. The van der Waals surface area contributed by atoms with E-state index in [0.29, 0.717) is 42.4 Å². The number of anilines is 1. The Kier molecular flexibility index (Phi) is 5.37. The van der Waals surface area contributed by atoms with Gasteiger partial charge in [-0.25, -0.2) is 4.39 Å². The van der Waals surface area contributed by atoms with Gasteiger partial charge < -0.3 is 10.6 Å². The highest BCUT2D eigenvalue weighted by molar-refractivity contribution is 5.94. The smallest absolute Gasteiger partial charge is 0.251 e. The van der Waals surface area contributed by atoms with Crippen molar-refractivity contribution in [2.45, 2.75) is 13.0 Å². The molecule has 0 saturated carbocycles. The molecule has 0 aliphatic rings. The molecule has 0 bridgehead atoms. The largest absolute Gasteiger partial charge is 0.364 e. The molecule has 3 heterocycles. The summed E-state index contributed by atoms with van der Waals surface area (Å²) < 4.78 is 14.6. The molecule has 0 fully saturated rings. The predicted molar refractivity (Wildman–Crippen MR) is 105 cm³/mol. The van der Waals surface area contributed by atoms with Crippen LogP contribution in [-0.4, -0.2) is 37.2 Å². The lowest BCUT2D eigenvalue weighted by molar-refractivity contribution is 0.0954. The monoisotopic (exact) mass is 391 g/mol. The maximum Gasteiger partial charge on any atom is 0.251 e. The van der Waals surface area contributed by atoms with Crippen molar-refractivity contribution >= 4 is 17.4 Å². The molecule has 0 aliphatic heterocycles. The van der Waals surface area contributed by atoms with E-state index in [1.54, 1.807) is 16.9 Å². The van der Waals surface area contributed by atoms with Crippen LogP contribution >= 0.6 is 0 Å². The van der Waals surface area contributed by atoms with Crippen molar-refractivity contribution in [1.82, 2.24) is 30.1 Å². The molecule has 29 heavy (non-hydrogen) atoms. The second-order valence-electron chi connectivity index (χ2n) is 6.33. The van der Waals surface area contributed by atoms with E-state index in [0.717, 1.165) is 5.56 Å². The lowest BCUT2D eigenvalue weighted by Crippen LogP contribution is -2.26. The van der Waals surface area contributed by atoms with Crippen molar-refractivity contribution in [2.24, 2.45) is 0 Å². The topological polar surface area (TPSA) is 97.1 Å². The van der Waals surface area contributed by atoms with Gasteiger partial charge in [-0.3, -0.25) is 9.78 Å². The first-order valence-electron chi connectivity index (χ1n) is 9.07. The van der Waals surface area contributed by atoms with E-state index >= 15 is 0 Å². The normalized spacial score (nSPS) is 10.8. The number of carbonyl (C=O) groups is 1. The summed E-state index contributed by atoms with van der Waals surface area (Å²) in [5, 5.41) is 18.8. The number of nitrogens with zero attached hydrogens (tertiary/aromatic N) is 5. The van der Waals surface area contributed by atoms with Crippen LogP contribution in [0.1, 0.15) is 21.7 Å². The molecule has 0 radical (unpaired) electrons. The molecular formula is C20H18FN7O. The van der Waals surface area contributed by atoms with Crippen LogP contribution in [0, 0.1) is 5.82 Å². The van der Waals surface area contributed by atoms with Crippen LogP contribution in [0.2, 0.25) is 0 Å². The van der Waals surface area contributed by atoms with E-state index < -0.39 is 0 Å². The van der Waals surface area contributed by atoms with Gasteiger partial charge in [0.2, 0.25) is 0 Å². The lowest BCUT2D eigenvalue weighted by Gasteiger charge is -2.07. The average molecular weight is 391 g/mol. The van der Waals surface area contributed by atoms with Gasteiger partial charge in [-0.05, 0) is 48.0 Å². The summed E-state index contributed by atoms with van der Waals surface area (Å²) in [7, 11) is 0. The molecule has 0 saturated heterocycles. The first-order valence-corrected chi connectivity index (χ1v) is 9.07. The number of amides is 1. The first kappa shape index (κ1) is 18.5. The second-order valence-corrected chi connectivity index (χ2v) is 6.33. The Bertz CT molecular complexity index is 1110. The molecule has 8 nitrogen and oxygen atoms in total. The molecule has 2 N–H and O–H groups in total. The minimum Gasteiger partial charge on any atom is -0.364 e. The molecule has 4 rings (SSSR count). The molecular weight excluding hydrogens is 373 g/mol. The fraction of sp³-hybridized carbons (Fsp3) is 0.150. The number of fused-ring (bicyclic) bond motifs is 1. The van der Waals surface area contributed by atoms with Gasteiger partial charge in [0.25, 0.3) is 5.91 Å². The minimum absolute atomic E-state index is 0.273. The Balaban J connectivity index is 1.38. The van der Waals surface area contributed by atoms with E-state index in [2.05, 4.69) is 30.9 Å². The summed E-state index contributed by atoms with van der Waals surface area (Å²) >= 11 is 0. The van der Waals surface area contributed by atoms with Gasteiger partial charge in [0.05, 0.1) is 0 Å². The van der Waals surface area contributed by atoms with Crippen molar-refractivity contribution in [1.29, 1.82) is 0 Å². The average Bonchev–Trinajstić information content (AvgIpc) is 3.16. The number of pyridine rings is 1. The van der Waals surface area contributed by atoms with Crippen molar-refractivity contribution in [3.05, 3.63) is 83.7 Å². The van der Waals surface area contributed by atoms with Crippen molar-refractivity contribution < 1.29 is 9.18 Å². The molecule has 146 valence electrons. The Labute approximate surface area is 165 Å². The lowest BCUT2D eigenvalue weighted by atomic mass is 10.2. The number of benzene rings is 1. The highest BCUT2D eigenvalue weighted by atomic mass is 19.1. The summed E-state index contributed by atoms with van der Waals surface area (Å²) in [6, 6.07) is 12.9. The van der Waals surface area contributed by atoms with Crippen LogP contribution < -0.4 is 10.6 Å². The van der Waals surface area contributed by atoms with Crippen LogP contribution in [0.15, 0.2) is 60.9 Å². The fourth-order valence-corrected chi connectivity index (χ4v) is 2.77. The van der Waals surface area contributed by atoms with Crippen molar-refractivity contribution in [3.63, 3.8) is 0 Å². The van der Waals surface area contributed by atoms with Crippen LogP contribution in [0.3, 0.4) is 0 Å². The third-order valence-corrected chi connectivity index (χ3v) is 4.26. The van der Waals surface area contributed by atoms with Gasteiger partial charge in [-0.2, -0.15) is 4.52 Å². The van der Waals surface area contributed by atoms with Gasteiger partial charge in [0.15, 0.2) is 11.5 Å². The SMILES string of the molecule is O=C(NCCc1nnc2ccc(NCc3cccnc3)nn12)c1ccc(F)cc1. The number of rotatable bonds is 7.